The Bertz CT molecular complexity index is 362. The van der Waals surface area contributed by atoms with Gasteiger partial charge in [-0.2, -0.15) is 5.26 Å². The fraction of sp³-hybridized carbons (Fsp3) is 0. The molecule has 0 spiro atoms. The van der Waals surface area contributed by atoms with Crippen LogP contribution in [0.2, 0.25) is 8.67 Å². The van der Waals surface area contributed by atoms with E-state index in [0.29, 0.717) is 19.9 Å². The van der Waals surface area contributed by atoms with Gasteiger partial charge in [0, 0.05) is 11.6 Å². The van der Waals surface area contributed by atoms with Crippen LogP contribution >= 0.6 is 34.5 Å². The Labute approximate surface area is 83.8 Å². The summed E-state index contributed by atoms with van der Waals surface area (Å²) in [5.41, 5.74) is 6.48. The van der Waals surface area contributed by atoms with Crippen LogP contribution in [0.5, 0.6) is 0 Å². The summed E-state index contributed by atoms with van der Waals surface area (Å²) in [5.74, 6) is 0. The Morgan fingerprint density at radius 3 is 2.75 bits per heavy atom. The second kappa shape index (κ2) is 3.81. The Morgan fingerprint density at radius 1 is 1.67 bits per heavy atom. The zero-order chi connectivity index (χ0) is 9.14. The highest BCUT2D eigenvalue weighted by atomic mass is 35.5. The number of allylic oxidation sites excluding steroid dienone is 1. The third-order valence-electron chi connectivity index (χ3n) is 1.19. The van der Waals surface area contributed by atoms with Gasteiger partial charge in [0.05, 0.1) is 16.1 Å². The predicted octanol–water partition coefficient (Wildman–Crippen LogP) is 2.88. The van der Waals surface area contributed by atoms with E-state index in [0.717, 1.165) is 0 Å². The first kappa shape index (κ1) is 9.40. The molecule has 0 aliphatic rings. The first-order chi connectivity index (χ1) is 5.65. The molecule has 0 unspecified atom stereocenters. The zero-order valence-electron chi connectivity index (χ0n) is 5.84. The number of nitrogens with zero attached hydrogens (tertiary/aromatic N) is 1. The van der Waals surface area contributed by atoms with E-state index in [-0.39, 0.29) is 0 Å². The minimum atomic E-state index is 0.339. The van der Waals surface area contributed by atoms with Gasteiger partial charge in [-0.25, -0.2) is 0 Å². The third-order valence-corrected chi connectivity index (χ3v) is 2.68. The van der Waals surface area contributed by atoms with Gasteiger partial charge < -0.3 is 5.73 Å². The molecule has 0 amide bonds. The Morgan fingerprint density at radius 2 is 2.33 bits per heavy atom. The van der Waals surface area contributed by atoms with Crippen molar-refractivity contribution >= 4 is 40.2 Å². The van der Waals surface area contributed by atoms with Crippen molar-refractivity contribution < 1.29 is 0 Å². The molecule has 12 heavy (non-hydrogen) atoms. The van der Waals surface area contributed by atoms with Crippen LogP contribution in [-0.2, 0) is 0 Å². The smallest absolute Gasteiger partial charge is 0.104 e. The summed E-state index contributed by atoms with van der Waals surface area (Å²) in [6.07, 6.45) is 1.23. The maximum Gasteiger partial charge on any atom is 0.104 e. The monoisotopic (exact) mass is 218 g/mol. The fourth-order valence-electron chi connectivity index (χ4n) is 0.684. The zero-order valence-corrected chi connectivity index (χ0v) is 8.17. The van der Waals surface area contributed by atoms with Gasteiger partial charge in [0.15, 0.2) is 0 Å². The normalized spacial score (nSPS) is 11.2. The van der Waals surface area contributed by atoms with Gasteiger partial charge in [0.1, 0.15) is 4.34 Å². The summed E-state index contributed by atoms with van der Waals surface area (Å²) < 4.78 is 1.06. The van der Waals surface area contributed by atoms with Crippen LogP contribution in [0.15, 0.2) is 12.1 Å². The molecule has 5 heteroatoms. The summed E-state index contributed by atoms with van der Waals surface area (Å²) in [7, 11) is 0. The average Bonchev–Trinajstić information content (AvgIpc) is 2.30. The van der Waals surface area contributed by atoms with E-state index in [2.05, 4.69) is 0 Å². The van der Waals surface area contributed by atoms with E-state index in [9.17, 15) is 0 Å². The summed E-state index contributed by atoms with van der Waals surface area (Å²) in [4.78, 5) is 0. The molecule has 0 saturated heterocycles. The van der Waals surface area contributed by atoms with Crippen molar-refractivity contribution in [2.45, 2.75) is 0 Å². The van der Waals surface area contributed by atoms with E-state index >= 15 is 0 Å². The predicted molar refractivity (Wildman–Crippen MR) is 52.1 cm³/mol. The van der Waals surface area contributed by atoms with Crippen molar-refractivity contribution in [3.8, 4) is 6.07 Å². The van der Waals surface area contributed by atoms with Crippen LogP contribution in [0.25, 0.3) is 5.70 Å². The van der Waals surface area contributed by atoms with Crippen LogP contribution in [0.1, 0.15) is 5.56 Å². The highest BCUT2D eigenvalue weighted by molar-refractivity contribution is 7.20. The standard InChI is InChI=1S/C7H4Cl2N2S/c8-6-3-4(7(9)12-6)5(11)1-2-10/h1,3H,11H2/b5-1+. The largest absolute Gasteiger partial charge is 0.398 e. The van der Waals surface area contributed by atoms with Crippen LogP contribution < -0.4 is 5.73 Å². The van der Waals surface area contributed by atoms with E-state index in [1.54, 1.807) is 6.07 Å². The summed E-state index contributed by atoms with van der Waals surface area (Å²) >= 11 is 12.7. The summed E-state index contributed by atoms with van der Waals surface area (Å²) in [6.45, 7) is 0. The number of hydrogen-bond acceptors (Lipinski definition) is 3. The van der Waals surface area contributed by atoms with Gasteiger partial charge >= 0.3 is 0 Å². The average molecular weight is 219 g/mol. The lowest BCUT2D eigenvalue weighted by Crippen LogP contribution is -1.93. The molecule has 0 radical (unpaired) electrons. The van der Waals surface area contributed by atoms with Crippen LogP contribution in [0.3, 0.4) is 0 Å². The van der Waals surface area contributed by atoms with Crippen LogP contribution in [0.4, 0.5) is 0 Å². The lowest BCUT2D eigenvalue weighted by Gasteiger charge is -1.93. The lowest BCUT2D eigenvalue weighted by molar-refractivity contribution is 1.51. The van der Waals surface area contributed by atoms with Crippen molar-refractivity contribution in [3.63, 3.8) is 0 Å². The van der Waals surface area contributed by atoms with Crippen molar-refractivity contribution in [1.82, 2.24) is 0 Å². The molecule has 0 bridgehead atoms. The van der Waals surface area contributed by atoms with Gasteiger partial charge in [-0.3, -0.25) is 0 Å². The third kappa shape index (κ3) is 1.92. The van der Waals surface area contributed by atoms with Gasteiger partial charge in [-0.1, -0.05) is 23.2 Å². The number of thiophene rings is 1. The second-order valence-corrected chi connectivity index (χ2v) is 4.25. The molecule has 2 nitrogen and oxygen atoms in total. The minimum Gasteiger partial charge on any atom is -0.398 e. The minimum absolute atomic E-state index is 0.339. The molecule has 1 aromatic rings. The molecule has 0 aliphatic heterocycles. The molecule has 0 saturated carbocycles. The van der Waals surface area contributed by atoms with Crippen molar-refractivity contribution in [1.29, 1.82) is 5.26 Å². The molecule has 0 aromatic carbocycles. The van der Waals surface area contributed by atoms with Crippen molar-refractivity contribution in [3.05, 3.63) is 26.4 Å². The van der Waals surface area contributed by atoms with E-state index in [4.69, 9.17) is 34.2 Å². The quantitative estimate of drug-likeness (QED) is 0.738. The highest BCUT2D eigenvalue weighted by Gasteiger charge is 2.07. The van der Waals surface area contributed by atoms with Gasteiger partial charge in [-0.05, 0) is 6.07 Å². The first-order valence-electron chi connectivity index (χ1n) is 2.95. The number of rotatable bonds is 1. The van der Waals surface area contributed by atoms with Crippen LogP contribution in [-0.4, -0.2) is 0 Å². The Hall–Kier alpha value is -0.690. The van der Waals surface area contributed by atoms with E-state index < -0.39 is 0 Å². The van der Waals surface area contributed by atoms with Gasteiger partial charge in [0.25, 0.3) is 0 Å². The molecule has 1 rings (SSSR count). The van der Waals surface area contributed by atoms with Crippen molar-refractivity contribution in [2.75, 3.05) is 0 Å². The van der Waals surface area contributed by atoms with Crippen LogP contribution in [0, 0.1) is 11.3 Å². The van der Waals surface area contributed by atoms with Gasteiger partial charge in [-0.15, -0.1) is 11.3 Å². The molecular weight excluding hydrogens is 215 g/mol. The maximum absolute atomic E-state index is 8.32. The topological polar surface area (TPSA) is 49.8 Å². The van der Waals surface area contributed by atoms with Crippen molar-refractivity contribution in [2.24, 2.45) is 5.73 Å². The number of hydrogen-bond donors (Lipinski definition) is 1. The molecule has 62 valence electrons. The lowest BCUT2D eigenvalue weighted by atomic mass is 10.2. The SMILES string of the molecule is N#C/C=C(/N)c1cc(Cl)sc1Cl. The first-order valence-corrected chi connectivity index (χ1v) is 4.53. The summed E-state index contributed by atoms with van der Waals surface area (Å²) in [6, 6.07) is 3.45. The second-order valence-electron chi connectivity index (χ2n) is 1.97. The van der Waals surface area contributed by atoms with E-state index in [1.807, 2.05) is 6.07 Å². The highest BCUT2D eigenvalue weighted by Crippen LogP contribution is 2.33. The Balaban J connectivity index is 3.12. The Kier molecular flexibility index (Phi) is 2.99. The molecule has 0 fully saturated rings. The number of halogens is 2. The number of nitriles is 1. The van der Waals surface area contributed by atoms with E-state index in [1.165, 1.54) is 17.4 Å². The molecule has 2 N–H and O–H groups in total. The molecule has 1 heterocycles. The molecular formula is C7H4Cl2N2S. The molecule has 1 aromatic heterocycles. The fourth-order valence-corrected chi connectivity index (χ4v) is 2.19. The molecule has 0 atom stereocenters. The number of nitrogens with two attached hydrogens (primary N) is 1. The summed E-state index contributed by atoms with van der Waals surface area (Å²) in [5, 5.41) is 8.32. The van der Waals surface area contributed by atoms with Gasteiger partial charge in [0.2, 0.25) is 0 Å². The maximum atomic E-state index is 8.32. The molecule has 0 aliphatic carbocycles.